The molecular formula is C29H26NO3P2+. The van der Waals surface area contributed by atoms with Gasteiger partial charge in [0, 0.05) is 25.7 Å². The van der Waals surface area contributed by atoms with Crippen LogP contribution in [0.5, 0.6) is 0 Å². The van der Waals surface area contributed by atoms with Crippen molar-refractivity contribution in [2.45, 2.75) is 0 Å². The van der Waals surface area contributed by atoms with E-state index >= 15 is 0 Å². The summed E-state index contributed by atoms with van der Waals surface area (Å²) in [6.07, 6.45) is 0. The van der Waals surface area contributed by atoms with Gasteiger partial charge in [0.15, 0.2) is 5.44 Å². The van der Waals surface area contributed by atoms with Gasteiger partial charge in [0.05, 0.1) is 5.52 Å². The highest BCUT2D eigenvalue weighted by Crippen LogP contribution is 2.56. The maximum Gasteiger partial charge on any atom is 0.379 e. The van der Waals surface area contributed by atoms with Gasteiger partial charge in [-0.25, -0.2) is 4.98 Å². The van der Waals surface area contributed by atoms with Crippen molar-refractivity contribution in [3.05, 3.63) is 121 Å². The zero-order chi connectivity index (χ0) is 24.3. The van der Waals surface area contributed by atoms with Crippen LogP contribution < -0.4 is 26.7 Å². The van der Waals surface area contributed by atoms with Crippen LogP contribution in [0.4, 0.5) is 0 Å². The number of nitrogens with zero attached hydrogens (tertiary/aromatic N) is 1. The van der Waals surface area contributed by atoms with Gasteiger partial charge in [-0.2, -0.15) is 0 Å². The molecule has 0 aliphatic heterocycles. The van der Waals surface area contributed by atoms with Crippen molar-refractivity contribution in [3.8, 4) is 0 Å². The monoisotopic (exact) mass is 498 g/mol. The lowest BCUT2D eigenvalue weighted by Gasteiger charge is -2.29. The van der Waals surface area contributed by atoms with Crippen LogP contribution in [0.3, 0.4) is 0 Å². The molecule has 0 aliphatic carbocycles. The van der Waals surface area contributed by atoms with Crippen molar-refractivity contribution in [1.82, 2.24) is 4.98 Å². The standard InChI is InChI=1S/C29H26NO3P2/c1-32-35(31,33-2)29-22-28(26-20-12-13-21-27(26)30-29)34(23-14-6-3-7-15-23,24-16-8-4-9-17-24)25-18-10-5-11-19-25/h3-22H,1-2H3/q+1. The number of aromatic nitrogens is 1. The number of rotatable bonds is 7. The highest BCUT2D eigenvalue weighted by Gasteiger charge is 2.50. The zero-order valence-electron chi connectivity index (χ0n) is 19.6. The molecule has 1 heterocycles. The van der Waals surface area contributed by atoms with Gasteiger partial charge in [-0.15, -0.1) is 0 Å². The lowest BCUT2D eigenvalue weighted by Crippen LogP contribution is -2.40. The van der Waals surface area contributed by atoms with Crippen LogP contribution in [0.25, 0.3) is 10.9 Å². The molecule has 6 heteroatoms. The van der Waals surface area contributed by atoms with Crippen LogP contribution in [0.15, 0.2) is 121 Å². The lowest BCUT2D eigenvalue weighted by atomic mass is 10.2. The van der Waals surface area contributed by atoms with Gasteiger partial charge in [-0.1, -0.05) is 66.7 Å². The van der Waals surface area contributed by atoms with Gasteiger partial charge >= 0.3 is 7.60 Å². The van der Waals surface area contributed by atoms with Gasteiger partial charge in [0.25, 0.3) is 0 Å². The summed E-state index contributed by atoms with van der Waals surface area (Å²) in [5.41, 5.74) is 1.06. The van der Waals surface area contributed by atoms with E-state index in [0.29, 0.717) is 5.44 Å². The molecule has 0 N–H and O–H groups in total. The molecule has 0 bridgehead atoms. The normalized spacial score (nSPS) is 12.1. The van der Waals surface area contributed by atoms with E-state index in [4.69, 9.17) is 14.0 Å². The maximum absolute atomic E-state index is 13.6. The van der Waals surface area contributed by atoms with E-state index in [9.17, 15) is 4.57 Å². The average molecular weight is 498 g/mol. The highest BCUT2D eigenvalue weighted by atomic mass is 31.2. The number of para-hydroxylation sites is 1. The number of hydrogen-bond donors (Lipinski definition) is 0. The molecule has 35 heavy (non-hydrogen) atoms. The Kier molecular flexibility index (Phi) is 6.65. The van der Waals surface area contributed by atoms with Crippen molar-refractivity contribution in [2.75, 3.05) is 14.2 Å². The summed E-state index contributed by atoms with van der Waals surface area (Å²) in [5, 5.41) is 5.68. The van der Waals surface area contributed by atoms with E-state index < -0.39 is 14.9 Å². The SMILES string of the molecule is COP(=O)(OC)c1cc([P+](c2ccccc2)(c2ccccc2)c2ccccc2)c2ccccc2n1. The van der Waals surface area contributed by atoms with Gasteiger partial charge in [0.1, 0.15) is 28.5 Å². The summed E-state index contributed by atoms with van der Waals surface area (Å²) in [7, 11) is -3.25. The molecule has 4 nitrogen and oxygen atoms in total. The lowest BCUT2D eigenvalue weighted by molar-refractivity contribution is 0.286. The van der Waals surface area contributed by atoms with Gasteiger partial charge in [0.2, 0.25) is 0 Å². The molecule has 0 amide bonds. The van der Waals surface area contributed by atoms with E-state index in [-0.39, 0.29) is 0 Å². The van der Waals surface area contributed by atoms with Gasteiger partial charge in [-0.3, -0.25) is 4.57 Å². The Labute approximate surface area is 206 Å². The Hall–Kier alpha value is -3.13. The molecule has 0 unspecified atom stereocenters. The molecule has 1 aromatic heterocycles. The molecule has 4 aromatic carbocycles. The Morgan fingerprint density at radius 3 is 1.51 bits per heavy atom. The van der Waals surface area contributed by atoms with Crippen LogP contribution in [0.2, 0.25) is 0 Å². The van der Waals surface area contributed by atoms with Crippen LogP contribution in [-0.2, 0) is 13.6 Å². The van der Waals surface area contributed by atoms with Crippen molar-refractivity contribution >= 4 is 52.4 Å². The second-order valence-electron chi connectivity index (χ2n) is 8.06. The topological polar surface area (TPSA) is 48.4 Å². The second-order valence-corrected chi connectivity index (χ2v) is 13.6. The van der Waals surface area contributed by atoms with Crippen molar-refractivity contribution in [1.29, 1.82) is 0 Å². The summed E-state index contributed by atoms with van der Waals surface area (Å²) >= 11 is 0. The quantitative estimate of drug-likeness (QED) is 0.298. The summed E-state index contributed by atoms with van der Waals surface area (Å²) < 4.78 is 24.4. The maximum atomic E-state index is 13.6. The fraction of sp³-hybridized carbons (Fsp3) is 0.0690. The Bertz CT molecular complexity index is 1390. The largest absolute Gasteiger partial charge is 0.379 e. The highest BCUT2D eigenvalue weighted by molar-refractivity contribution is 8.02. The first-order chi connectivity index (χ1) is 17.1. The molecule has 0 saturated heterocycles. The van der Waals surface area contributed by atoms with Crippen LogP contribution >= 0.6 is 14.9 Å². The fourth-order valence-corrected chi connectivity index (χ4v) is 10.2. The van der Waals surface area contributed by atoms with Gasteiger partial charge in [-0.05, 0) is 48.5 Å². The predicted octanol–water partition coefficient (Wildman–Crippen LogP) is 4.97. The van der Waals surface area contributed by atoms with Crippen LogP contribution in [-0.4, -0.2) is 19.2 Å². The minimum atomic E-state index is -3.60. The minimum absolute atomic E-state index is 0.309. The fourth-order valence-electron chi connectivity index (χ4n) is 4.64. The van der Waals surface area contributed by atoms with Crippen LogP contribution in [0, 0.1) is 0 Å². The smallest absolute Gasteiger partial charge is 0.308 e. The Morgan fingerprint density at radius 1 is 0.629 bits per heavy atom. The number of fused-ring (bicyclic) bond motifs is 1. The van der Waals surface area contributed by atoms with Gasteiger partial charge < -0.3 is 9.05 Å². The molecule has 5 rings (SSSR count). The predicted molar refractivity (Wildman–Crippen MR) is 148 cm³/mol. The van der Waals surface area contributed by atoms with E-state index in [1.165, 1.54) is 30.1 Å². The first-order valence-corrected chi connectivity index (χ1v) is 14.6. The van der Waals surface area contributed by atoms with Crippen LogP contribution in [0.1, 0.15) is 0 Å². The summed E-state index contributed by atoms with van der Waals surface area (Å²) in [6, 6.07) is 41.7. The number of benzene rings is 4. The summed E-state index contributed by atoms with van der Waals surface area (Å²) in [4.78, 5) is 4.75. The van der Waals surface area contributed by atoms with E-state index in [2.05, 4.69) is 78.9 Å². The Morgan fingerprint density at radius 2 is 1.06 bits per heavy atom. The van der Waals surface area contributed by atoms with Crippen molar-refractivity contribution in [2.24, 2.45) is 0 Å². The molecule has 0 radical (unpaired) electrons. The molecule has 0 aliphatic rings. The molecule has 5 aromatic rings. The molecule has 174 valence electrons. The van der Waals surface area contributed by atoms with Crippen molar-refractivity contribution in [3.63, 3.8) is 0 Å². The molecule has 0 fully saturated rings. The van der Waals surface area contributed by atoms with Crippen molar-refractivity contribution < 1.29 is 13.6 Å². The third-order valence-electron chi connectivity index (χ3n) is 6.23. The Balaban J connectivity index is 2.01. The second kappa shape index (κ2) is 9.85. The minimum Gasteiger partial charge on any atom is -0.308 e. The van der Waals surface area contributed by atoms with E-state index in [1.54, 1.807) is 0 Å². The first kappa shape index (κ1) is 23.6. The summed E-state index contributed by atoms with van der Waals surface area (Å²) in [6.45, 7) is 0. The molecular weight excluding hydrogens is 472 g/mol. The number of pyridine rings is 1. The summed E-state index contributed by atoms with van der Waals surface area (Å²) in [5.74, 6) is 0. The zero-order valence-corrected chi connectivity index (χ0v) is 21.4. The number of hydrogen-bond acceptors (Lipinski definition) is 4. The molecule has 0 saturated carbocycles. The van der Waals surface area contributed by atoms with E-state index in [1.807, 2.05) is 42.5 Å². The molecule has 0 spiro atoms. The molecule has 0 atom stereocenters. The third kappa shape index (κ3) is 4.03. The van der Waals surface area contributed by atoms with E-state index in [0.717, 1.165) is 16.2 Å². The third-order valence-corrected chi connectivity index (χ3v) is 12.3. The average Bonchev–Trinajstić information content (AvgIpc) is 2.94. The first-order valence-electron chi connectivity index (χ1n) is 11.3.